The largest absolute Gasteiger partial charge is 0.370 e. The summed E-state index contributed by atoms with van der Waals surface area (Å²) in [7, 11) is 1.69. The monoisotopic (exact) mass is 187 g/mol. The van der Waals surface area contributed by atoms with E-state index in [-0.39, 0.29) is 10.9 Å². The van der Waals surface area contributed by atoms with Gasteiger partial charge in [0.1, 0.15) is 5.60 Å². The number of ether oxygens (including phenoxy) is 1. The first-order valence-electron chi connectivity index (χ1n) is 3.90. The summed E-state index contributed by atoms with van der Waals surface area (Å²) in [4.78, 5) is 4.05. The number of nitrogens with zero attached hydrogens (tertiary/aromatic N) is 2. The van der Waals surface area contributed by atoms with Crippen molar-refractivity contribution in [3.63, 3.8) is 0 Å². The SMILES string of the molecule is COC1(c2nc(Cl)n[nH]2)CCC1. The molecule has 1 aromatic heterocycles. The van der Waals surface area contributed by atoms with Crippen LogP contribution in [-0.2, 0) is 10.3 Å². The average molecular weight is 188 g/mol. The van der Waals surface area contributed by atoms with E-state index in [4.69, 9.17) is 16.3 Å². The number of rotatable bonds is 2. The van der Waals surface area contributed by atoms with Crippen LogP contribution in [0.5, 0.6) is 0 Å². The molecule has 0 atom stereocenters. The molecule has 0 bridgehead atoms. The summed E-state index contributed by atoms with van der Waals surface area (Å²) in [6, 6.07) is 0. The van der Waals surface area contributed by atoms with E-state index < -0.39 is 0 Å². The van der Waals surface area contributed by atoms with E-state index in [0.29, 0.717) is 0 Å². The number of nitrogens with one attached hydrogen (secondary N) is 1. The van der Waals surface area contributed by atoms with E-state index in [9.17, 15) is 0 Å². The molecule has 0 radical (unpaired) electrons. The van der Waals surface area contributed by atoms with Crippen LogP contribution in [0, 0.1) is 0 Å². The van der Waals surface area contributed by atoms with Crippen molar-refractivity contribution in [2.24, 2.45) is 0 Å². The smallest absolute Gasteiger partial charge is 0.242 e. The van der Waals surface area contributed by atoms with Crippen molar-refractivity contribution in [3.05, 3.63) is 11.1 Å². The zero-order valence-electron chi connectivity index (χ0n) is 6.80. The number of hydrogen-bond acceptors (Lipinski definition) is 3. The minimum atomic E-state index is -0.236. The third kappa shape index (κ3) is 1.03. The molecular weight excluding hydrogens is 178 g/mol. The van der Waals surface area contributed by atoms with Crippen LogP contribution in [0.4, 0.5) is 0 Å². The van der Waals surface area contributed by atoms with Crippen LogP contribution in [0.2, 0.25) is 5.28 Å². The van der Waals surface area contributed by atoms with Crippen molar-refractivity contribution in [2.75, 3.05) is 7.11 Å². The van der Waals surface area contributed by atoms with Gasteiger partial charge in [-0.05, 0) is 30.9 Å². The number of aromatic amines is 1. The highest BCUT2D eigenvalue weighted by atomic mass is 35.5. The lowest BCUT2D eigenvalue weighted by molar-refractivity contribution is -0.0844. The van der Waals surface area contributed by atoms with Crippen molar-refractivity contribution in [2.45, 2.75) is 24.9 Å². The Morgan fingerprint density at radius 2 is 2.33 bits per heavy atom. The van der Waals surface area contributed by atoms with E-state index in [1.165, 1.54) is 6.42 Å². The zero-order chi connectivity index (χ0) is 8.60. The first-order valence-corrected chi connectivity index (χ1v) is 4.28. The second kappa shape index (κ2) is 2.71. The van der Waals surface area contributed by atoms with Gasteiger partial charge in [0.2, 0.25) is 5.28 Å². The maximum atomic E-state index is 5.60. The van der Waals surface area contributed by atoms with Gasteiger partial charge in [-0.1, -0.05) is 0 Å². The van der Waals surface area contributed by atoms with Crippen LogP contribution < -0.4 is 0 Å². The first kappa shape index (κ1) is 8.01. The molecule has 4 nitrogen and oxygen atoms in total. The van der Waals surface area contributed by atoms with E-state index in [2.05, 4.69) is 15.2 Å². The van der Waals surface area contributed by atoms with Gasteiger partial charge >= 0.3 is 0 Å². The van der Waals surface area contributed by atoms with Gasteiger partial charge in [-0.2, -0.15) is 4.98 Å². The van der Waals surface area contributed by atoms with Crippen molar-refractivity contribution in [3.8, 4) is 0 Å². The molecule has 1 N–H and O–H groups in total. The van der Waals surface area contributed by atoms with Crippen molar-refractivity contribution >= 4 is 11.6 Å². The molecule has 0 amide bonds. The molecule has 5 heteroatoms. The number of hydrogen-bond donors (Lipinski definition) is 1. The van der Waals surface area contributed by atoms with Crippen molar-refractivity contribution < 1.29 is 4.74 Å². The third-order valence-electron chi connectivity index (χ3n) is 2.44. The summed E-state index contributed by atoms with van der Waals surface area (Å²) in [6.07, 6.45) is 3.16. The van der Waals surface area contributed by atoms with Crippen LogP contribution >= 0.6 is 11.6 Å². The predicted molar refractivity (Wildman–Crippen MR) is 43.9 cm³/mol. The highest BCUT2D eigenvalue weighted by molar-refractivity contribution is 6.28. The molecule has 0 spiro atoms. The number of H-pyrrole nitrogens is 1. The number of aromatic nitrogens is 3. The molecule has 1 fully saturated rings. The Labute approximate surface area is 75.3 Å². The van der Waals surface area contributed by atoms with E-state index in [0.717, 1.165) is 18.7 Å². The van der Waals surface area contributed by atoms with Gasteiger partial charge in [0.15, 0.2) is 5.82 Å². The summed E-state index contributed by atoms with van der Waals surface area (Å²) in [5.41, 5.74) is -0.236. The second-order valence-electron chi connectivity index (χ2n) is 3.01. The van der Waals surface area contributed by atoms with Crippen molar-refractivity contribution in [1.29, 1.82) is 0 Å². The van der Waals surface area contributed by atoms with Crippen LogP contribution in [0.1, 0.15) is 25.1 Å². The molecular formula is C7H10ClN3O. The van der Waals surface area contributed by atoms with Crippen LogP contribution in [0.3, 0.4) is 0 Å². The van der Waals surface area contributed by atoms with Gasteiger partial charge in [-0.15, -0.1) is 5.10 Å². The zero-order valence-corrected chi connectivity index (χ0v) is 7.56. The minimum absolute atomic E-state index is 0.236. The Morgan fingerprint density at radius 3 is 2.67 bits per heavy atom. The Bertz CT molecular complexity index is 276. The molecule has 1 aliphatic rings. The lowest BCUT2D eigenvalue weighted by atomic mass is 9.79. The summed E-state index contributed by atoms with van der Waals surface area (Å²) < 4.78 is 5.38. The molecule has 1 heterocycles. The lowest BCUT2D eigenvalue weighted by Gasteiger charge is -2.37. The predicted octanol–water partition coefficient (Wildman–Crippen LogP) is 1.48. The fourth-order valence-electron chi connectivity index (χ4n) is 1.48. The summed E-state index contributed by atoms with van der Waals surface area (Å²) in [5, 5.41) is 6.80. The average Bonchev–Trinajstić information content (AvgIpc) is 2.35. The lowest BCUT2D eigenvalue weighted by Crippen LogP contribution is -2.37. The van der Waals surface area contributed by atoms with E-state index in [1.54, 1.807) is 7.11 Å². The standard InChI is InChI=1S/C7H10ClN3O/c1-12-7(3-2-4-7)5-9-6(8)11-10-5/h2-4H2,1H3,(H,9,10,11). The molecule has 0 saturated heterocycles. The molecule has 0 aliphatic heterocycles. The molecule has 66 valence electrons. The van der Waals surface area contributed by atoms with Crippen LogP contribution in [-0.4, -0.2) is 22.3 Å². The highest BCUT2D eigenvalue weighted by Gasteiger charge is 2.41. The molecule has 0 unspecified atom stereocenters. The maximum absolute atomic E-state index is 5.60. The fraction of sp³-hybridized carbons (Fsp3) is 0.714. The summed E-state index contributed by atoms with van der Waals surface area (Å²) in [6.45, 7) is 0. The van der Waals surface area contributed by atoms with Gasteiger partial charge in [0.05, 0.1) is 0 Å². The van der Waals surface area contributed by atoms with E-state index in [1.807, 2.05) is 0 Å². The quantitative estimate of drug-likeness (QED) is 0.763. The molecule has 1 aliphatic carbocycles. The van der Waals surface area contributed by atoms with Crippen LogP contribution in [0.25, 0.3) is 0 Å². The molecule has 1 aromatic rings. The normalized spacial score (nSPS) is 20.5. The second-order valence-corrected chi connectivity index (χ2v) is 3.34. The topological polar surface area (TPSA) is 50.8 Å². The van der Waals surface area contributed by atoms with Gasteiger partial charge in [0, 0.05) is 7.11 Å². The maximum Gasteiger partial charge on any atom is 0.242 e. The first-order chi connectivity index (χ1) is 5.77. The van der Waals surface area contributed by atoms with Gasteiger partial charge in [-0.25, -0.2) is 0 Å². The molecule has 1 saturated carbocycles. The van der Waals surface area contributed by atoms with Crippen LogP contribution in [0.15, 0.2) is 0 Å². The Balaban J connectivity index is 2.27. The van der Waals surface area contributed by atoms with Crippen molar-refractivity contribution in [1.82, 2.24) is 15.2 Å². The highest BCUT2D eigenvalue weighted by Crippen LogP contribution is 2.42. The summed E-state index contributed by atoms with van der Waals surface area (Å²) in [5.74, 6) is 0.751. The van der Waals surface area contributed by atoms with Gasteiger partial charge < -0.3 is 4.74 Å². The number of methoxy groups -OCH3 is 1. The Kier molecular flexibility index (Phi) is 1.81. The number of halogens is 1. The molecule has 12 heavy (non-hydrogen) atoms. The minimum Gasteiger partial charge on any atom is -0.370 e. The Morgan fingerprint density at radius 1 is 1.58 bits per heavy atom. The van der Waals surface area contributed by atoms with Gasteiger partial charge in [-0.3, -0.25) is 5.10 Å². The fourth-order valence-corrected chi connectivity index (χ4v) is 1.61. The van der Waals surface area contributed by atoms with E-state index >= 15 is 0 Å². The Hall–Kier alpha value is -0.610. The molecule has 2 rings (SSSR count). The molecule has 0 aromatic carbocycles. The summed E-state index contributed by atoms with van der Waals surface area (Å²) >= 11 is 5.60. The third-order valence-corrected chi connectivity index (χ3v) is 2.61. The van der Waals surface area contributed by atoms with Gasteiger partial charge in [0.25, 0.3) is 0 Å².